The zero-order chi connectivity index (χ0) is 18.4. The SMILES string of the molecule is CNS(=O)(=O)c1cc(C(=O)OCCOc2ccc(F)cc2)ccc1Cl. The van der Waals surface area contributed by atoms with Crippen LogP contribution in [0.15, 0.2) is 47.4 Å². The van der Waals surface area contributed by atoms with Crippen LogP contribution in [0.2, 0.25) is 5.02 Å². The number of carbonyl (C=O) groups excluding carboxylic acids is 1. The fraction of sp³-hybridized carbons (Fsp3) is 0.188. The van der Waals surface area contributed by atoms with Gasteiger partial charge in [-0.25, -0.2) is 22.3 Å². The summed E-state index contributed by atoms with van der Waals surface area (Å²) in [7, 11) is -2.56. The second-order valence-electron chi connectivity index (χ2n) is 4.79. The van der Waals surface area contributed by atoms with E-state index in [1.807, 2.05) is 0 Å². The van der Waals surface area contributed by atoms with E-state index in [9.17, 15) is 17.6 Å². The number of ether oxygens (including phenoxy) is 2. The Morgan fingerprint density at radius 1 is 1.16 bits per heavy atom. The molecule has 0 bridgehead atoms. The summed E-state index contributed by atoms with van der Waals surface area (Å²) in [5.41, 5.74) is 0.0417. The highest BCUT2D eigenvalue weighted by Crippen LogP contribution is 2.22. The molecule has 0 heterocycles. The van der Waals surface area contributed by atoms with Crippen molar-refractivity contribution in [1.82, 2.24) is 4.72 Å². The summed E-state index contributed by atoms with van der Waals surface area (Å²) in [6.07, 6.45) is 0. The van der Waals surface area contributed by atoms with Crippen LogP contribution in [-0.4, -0.2) is 34.6 Å². The van der Waals surface area contributed by atoms with E-state index in [0.717, 1.165) is 6.07 Å². The van der Waals surface area contributed by atoms with Crippen LogP contribution in [0.1, 0.15) is 10.4 Å². The molecule has 0 aliphatic rings. The molecular formula is C16H15ClFNO5S. The number of benzene rings is 2. The van der Waals surface area contributed by atoms with Crippen molar-refractivity contribution in [3.8, 4) is 5.75 Å². The molecule has 134 valence electrons. The molecule has 6 nitrogen and oxygen atoms in total. The number of esters is 1. The largest absolute Gasteiger partial charge is 0.490 e. The van der Waals surface area contributed by atoms with Gasteiger partial charge in [0.05, 0.1) is 10.6 Å². The number of carbonyl (C=O) groups is 1. The lowest BCUT2D eigenvalue weighted by Crippen LogP contribution is -2.20. The molecule has 0 saturated heterocycles. The molecule has 2 aromatic carbocycles. The standard InChI is InChI=1S/C16H15ClFNO5S/c1-19-25(21,22)15-10-11(2-7-14(15)17)16(20)24-9-8-23-13-5-3-12(18)4-6-13/h2-7,10,19H,8-9H2,1H3. The molecule has 0 aliphatic heterocycles. The molecule has 0 aromatic heterocycles. The lowest BCUT2D eigenvalue weighted by Gasteiger charge is -2.09. The predicted octanol–water partition coefficient (Wildman–Crippen LogP) is 2.62. The van der Waals surface area contributed by atoms with Crippen molar-refractivity contribution in [2.45, 2.75) is 4.90 Å². The van der Waals surface area contributed by atoms with Crippen LogP contribution in [0.5, 0.6) is 5.75 Å². The molecule has 0 spiro atoms. The molecule has 0 amide bonds. The van der Waals surface area contributed by atoms with Crippen LogP contribution in [0.3, 0.4) is 0 Å². The molecule has 2 rings (SSSR count). The Labute approximate surface area is 149 Å². The summed E-state index contributed by atoms with van der Waals surface area (Å²) in [5, 5.41) is -0.00876. The monoisotopic (exact) mass is 387 g/mol. The van der Waals surface area contributed by atoms with Gasteiger partial charge in [-0.2, -0.15) is 0 Å². The van der Waals surface area contributed by atoms with E-state index in [1.54, 1.807) is 0 Å². The van der Waals surface area contributed by atoms with E-state index >= 15 is 0 Å². The van der Waals surface area contributed by atoms with Gasteiger partial charge >= 0.3 is 5.97 Å². The van der Waals surface area contributed by atoms with Gasteiger partial charge in [0.25, 0.3) is 0 Å². The normalized spacial score (nSPS) is 11.2. The van der Waals surface area contributed by atoms with Crippen molar-refractivity contribution < 1.29 is 27.1 Å². The lowest BCUT2D eigenvalue weighted by atomic mass is 10.2. The van der Waals surface area contributed by atoms with Gasteiger partial charge in [-0.15, -0.1) is 0 Å². The molecule has 0 fully saturated rings. The quantitative estimate of drug-likeness (QED) is 0.583. The summed E-state index contributed by atoms with van der Waals surface area (Å²) in [6, 6.07) is 9.20. The molecule has 2 aromatic rings. The number of rotatable bonds is 7. The van der Waals surface area contributed by atoms with Gasteiger partial charge in [0.1, 0.15) is 29.7 Å². The lowest BCUT2D eigenvalue weighted by molar-refractivity contribution is 0.0450. The Morgan fingerprint density at radius 3 is 2.48 bits per heavy atom. The van der Waals surface area contributed by atoms with E-state index in [2.05, 4.69) is 4.72 Å². The summed E-state index contributed by atoms with van der Waals surface area (Å²) in [5.74, 6) is -0.660. The van der Waals surface area contributed by atoms with Crippen LogP contribution < -0.4 is 9.46 Å². The minimum Gasteiger partial charge on any atom is -0.490 e. The Morgan fingerprint density at radius 2 is 1.84 bits per heavy atom. The maximum absolute atomic E-state index is 12.8. The van der Waals surface area contributed by atoms with E-state index in [0.29, 0.717) is 5.75 Å². The third kappa shape index (κ3) is 5.15. The number of nitrogens with one attached hydrogen (secondary N) is 1. The highest BCUT2D eigenvalue weighted by molar-refractivity contribution is 7.89. The molecular weight excluding hydrogens is 373 g/mol. The molecule has 0 aliphatic carbocycles. The van der Waals surface area contributed by atoms with Crippen LogP contribution in [0.4, 0.5) is 4.39 Å². The second kappa shape index (κ2) is 8.28. The average molecular weight is 388 g/mol. The van der Waals surface area contributed by atoms with Gasteiger partial charge in [0.15, 0.2) is 0 Å². The number of hydrogen-bond acceptors (Lipinski definition) is 5. The van der Waals surface area contributed by atoms with Gasteiger partial charge in [0, 0.05) is 0 Å². The molecule has 1 N–H and O–H groups in total. The van der Waals surface area contributed by atoms with Gasteiger partial charge < -0.3 is 9.47 Å². The molecule has 0 radical (unpaired) electrons. The first-order chi connectivity index (χ1) is 11.8. The van der Waals surface area contributed by atoms with Gasteiger partial charge in [0.2, 0.25) is 10.0 Å². The van der Waals surface area contributed by atoms with Gasteiger partial charge in [-0.1, -0.05) is 11.6 Å². The van der Waals surface area contributed by atoms with Crippen molar-refractivity contribution in [2.75, 3.05) is 20.3 Å². The third-order valence-electron chi connectivity index (χ3n) is 3.12. The number of halogens is 2. The maximum Gasteiger partial charge on any atom is 0.338 e. The van der Waals surface area contributed by atoms with Crippen LogP contribution >= 0.6 is 11.6 Å². The minimum absolute atomic E-state index is 0.00876. The topological polar surface area (TPSA) is 81.7 Å². The molecule has 0 unspecified atom stereocenters. The van der Waals surface area contributed by atoms with Crippen LogP contribution in [0.25, 0.3) is 0 Å². The zero-order valence-corrected chi connectivity index (χ0v) is 14.7. The highest BCUT2D eigenvalue weighted by atomic mass is 35.5. The van der Waals surface area contributed by atoms with Crippen molar-refractivity contribution in [3.05, 3.63) is 58.9 Å². The van der Waals surface area contributed by atoms with E-state index in [-0.39, 0.29) is 34.5 Å². The number of hydrogen-bond donors (Lipinski definition) is 1. The summed E-state index contributed by atoms with van der Waals surface area (Å²) >= 11 is 5.85. The summed E-state index contributed by atoms with van der Waals surface area (Å²) < 4.78 is 48.9. The zero-order valence-electron chi connectivity index (χ0n) is 13.2. The predicted molar refractivity (Wildman–Crippen MR) is 89.9 cm³/mol. The Hall–Kier alpha value is -2.16. The van der Waals surface area contributed by atoms with Crippen molar-refractivity contribution in [3.63, 3.8) is 0 Å². The van der Waals surface area contributed by atoms with Gasteiger partial charge in [-0.05, 0) is 49.5 Å². The molecule has 9 heteroatoms. The first kappa shape index (κ1) is 19.2. The van der Waals surface area contributed by atoms with Gasteiger partial charge in [-0.3, -0.25) is 0 Å². The first-order valence-electron chi connectivity index (χ1n) is 7.12. The first-order valence-corrected chi connectivity index (χ1v) is 8.98. The van der Waals surface area contributed by atoms with E-state index < -0.39 is 16.0 Å². The van der Waals surface area contributed by atoms with E-state index in [4.69, 9.17) is 21.1 Å². The molecule has 0 atom stereocenters. The van der Waals surface area contributed by atoms with Crippen molar-refractivity contribution in [2.24, 2.45) is 0 Å². The van der Waals surface area contributed by atoms with Crippen molar-refractivity contribution >= 4 is 27.6 Å². The Balaban J connectivity index is 1.95. The fourth-order valence-corrected chi connectivity index (χ4v) is 3.10. The average Bonchev–Trinajstić information content (AvgIpc) is 2.60. The van der Waals surface area contributed by atoms with Crippen LogP contribution in [0, 0.1) is 5.82 Å². The van der Waals surface area contributed by atoms with Crippen LogP contribution in [-0.2, 0) is 14.8 Å². The number of sulfonamides is 1. The molecule has 0 saturated carbocycles. The smallest absolute Gasteiger partial charge is 0.338 e. The summed E-state index contributed by atoms with van der Waals surface area (Å²) in [6.45, 7) is -0.000416. The molecule has 25 heavy (non-hydrogen) atoms. The fourth-order valence-electron chi connectivity index (χ4n) is 1.85. The third-order valence-corrected chi connectivity index (χ3v) is 5.02. The Kier molecular flexibility index (Phi) is 6.35. The Bertz CT molecular complexity index is 855. The second-order valence-corrected chi connectivity index (χ2v) is 7.05. The minimum atomic E-state index is -3.79. The maximum atomic E-state index is 12.8. The summed E-state index contributed by atoms with van der Waals surface area (Å²) in [4.78, 5) is 11.8. The highest BCUT2D eigenvalue weighted by Gasteiger charge is 2.19. The van der Waals surface area contributed by atoms with E-state index in [1.165, 1.54) is 43.4 Å². The van der Waals surface area contributed by atoms with Crippen molar-refractivity contribution in [1.29, 1.82) is 0 Å².